The highest BCUT2D eigenvalue weighted by Crippen LogP contribution is 2.30. The number of benzene rings is 1. The second-order valence-corrected chi connectivity index (χ2v) is 4.28. The molecule has 1 heterocycles. The molecule has 5 heteroatoms. The van der Waals surface area contributed by atoms with E-state index in [9.17, 15) is 4.39 Å². The molecule has 1 aromatic heterocycles. The predicted octanol–water partition coefficient (Wildman–Crippen LogP) is 3.72. The number of anilines is 1. The van der Waals surface area contributed by atoms with Gasteiger partial charge in [0, 0.05) is 18.1 Å². The first-order valence-electron chi connectivity index (χ1n) is 5.59. The van der Waals surface area contributed by atoms with Crippen LogP contribution in [-0.2, 0) is 0 Å². The summed E-state index contributed by atoms with van der Waals surface area (Å²) in [4.78, 5) is 4.10. The van der Waals surface area contributed by atoms with Crippen LogP contribution in [0.1, 0.15) is 18.9 Å². The van der Waals surface area contributed by atoms with E-state index in [1.54, 1.807) is 0 Å². The summed E-state index contributed by atoms with van der Waals surface area (Å²) in [5, 5.41) is 13.0. The fourth-order valence-electron chi connectivity index (χ4n) is 1.75. The van der Waals surface area contributed by atoms with Crippen LogP contribution < -0.4 is 5.32 Å². The van der Waals surface area contributed by atoms with Crippen molar-refractivity contribution in [3.63, 3.8) is 0 Å². The summed E-state index contributed by atoms with van der Waals surface area (Å²) in [5.41, 5.74) is 1.47. The zero-order chi connectivity index (χ0) is 13.1. The molecule has 18 heavy (non-hydrogen) atoms. The summed E-state index contributed by atoms with van der Waals surface area (Å²) in [7, 11) is 0. The second-order valence-electron chi connectivity index (χ2n) is 3.87. The van der Waals surface area contributed by atoms with Gasteiger partial charge < -0.3 is 5.32 Å². The highest BCUT2D eigenvalue weighted by molar-refractivity contribution is 6.35. The van der Waals surface area contributed by atoms with Crippen LogP contribution >= 0.6 is 11.6 Å². The molecule has 2 aromatic rings. The van der Waals surface area contributed by atoms with Crippen molar-refractivity contribution in [1.29, 1.82) is 5.26 Å². The number of fused-ring (bicyclic) bond motifs is 1. The summed E-state index contributed by atoms with van der Waals surface area (Å²) in [6.07, 6.45) is 2.35. The topological polar surface area (TPSA) is 48.7 Å². The Hall–Kier alpha value is -1.86. The van der Waals surface area contributed by atoms with Crippen molar-refractivity contribution >= 4 is 28.2 Å². The Kier molecular flexibility index (Phi) is 3.63. The van der Waals surface area contributed by atoms with Crippen LogP contribution in [0.2, 0.25) is 5.02 Å². The third-order valence-corrected chi connectivity index (χ3v) is 2.85. The van der Waals surface area contributed by atoms with E-state index < -0.39 is 5.82 Å². The standard InChI is InChI=1S/C13H11ClFN3/c1-2-3-17-12-8(6-16)7-18-13-10(12)4-9(15)5-11(13)14/h4-5,7H,2-3H2,1H3,(H,17,18). The number of nitriles is 1. The molecule has 0 atom stereocenters. The number of halogens is 2. The van der Waals surface area contributed by atoms with Gasteiger partial charge in [-0.1, -0.05) is 18.5 Å². The van der Waals surface area contributed by atoms with Crippen LogP contribution in [-0.4, -0.2) is 11.5 Å². The van der Waals surface area contributed by atoms with Crippen LogP contribution in [0.3, 0.4) is 0 Å². The average Bonchev–Trinajstić information content (AvgIpc) is 2.35. The molecule has 3 nitrogen and oxygen atoms in total. The first kappa shape index (κ1) is 12.6. The van der Waals surface area contributed by atoms with Gasteiger partial charge in [0.05, 0.1) is 21.8 Å². The van der Waals surface area contributed by atoms with Gasteiger partial charge in [0.2, 0.25) is 0 Å². The van der Waals surface area contributed by atoms with Gasteiger partial charge in [-0.2, -0.15) is 5.26 Å². The molecule has 0 spiro atoms. The van der Waals surface area contributed by atoms with E-state index in [1.807, 2.05) is 13.0 Å². The first-order chi connectivity index (χ1) is 8.67. The number of pyridine rings is 1. The van der Waals surface area contributed by atoms with Gasteiger partial charge in [-0.15, -0.1) is 0 Å². The van der Waals surface area contributed by atoms with Crippen LogP contribution in [0, 0.1) is 17.1 Å². The van der Waals surface area contributed by atoms with E-state index in [0.717, 1.165) is 6.42 Å². The molecule has 0 saturated heterocycles. The Morgan fingerprint density at radius 3 is 2.94 bits per heavy atom. The minimum absolute atomic E-state index is 0.244. The molecule has 0 fully saturated rings. The van der Waals surface area contributed by atoms with Gasteiger partial charge in [-0.3, -0.25) is 4.98 Å². The second kappa shape index (κ2) is 5.19. The van der Waals surface area contributed by atoms with Gasteiger partial charge in [-0.05, 0) is 18.6 Å². The molecular weight excluding hydrogens is 253 g/mol. The van der Waals surface area contributed by atoms with Crippen LogP contribution in [0.25, 0.3) is 10.9 Å². The van der Waals surface area contributed by atoms with Crippen molar-refractivity contribution in [3.05, 3.63) is 34.7 Å². The quantitative estimate of drug-likeness (QED) is 0.918. The SMILES string of the molecule is CCCNc1c(C#N)cnc2c(Cl)cc(F)cc12. The van der Waals surface area contributed by atoms with E-state index >= 15 is 0 Å². The van der Waals surface area contributed by atoms with Crippen molar-refractivity contribution < 1.29 is 4.39 Å². The molecule has 0 amide bonds. The fraction of sp³-hybridized carbons (Fsp3) is 0.231. The molecular formula is C13H11ClFN3. The van der Waals surface area contributed by atoms with Crippen LogP contribution in [0.5, 0.6) is 0 Å². The average molecular weight is 264 g/mol. The Bertz CT molecular complexity index is 634. The Balaban J connectivity index is 2.72. The van der Waals surface area contributed by atoms with E-state index in [-0.39, 0.29) is 5.02 Å². The van der Waals surface area contributed by atoms with E-state index in [2.05, 4.69) is 10.3 Å². The summed E-state index contributed by atoms with van der Waals surface area (Å²) >= 11 is 5.95. The molecule has 0 aliphatic carbocycles. The Morgan fingerprint density at radius 2 is 2.28 bits per heavy atom. The number of rotatable bonds is 3. The molecule has 92 valence electrons. The number of hydrogen-bond acceptors (Lipinski definition) is 3. The maximum absolute atomic E-state index is 13.4. The third-order valence-electron chi connectivity index (χ3n) is 2.56. The lowest BCUT2D eigenvalue weighted by Gasteiger charge is -2.11. The van der Waals surface area contributed by atoms with Gasteiger partial charge in [0.15, 0.2) is 0 Å². The zero-order valence-electron chi connectivity index (χ0n) is 9.80. The zero-order valence-corrected chi connectivity index (χ0v) is 10.6. The lowest BCUT2D eigenvalue weighted by molar-refractivity contribution is 0.629. The van der Waals surface area contributed by atoms with Crippen molar-refractivity contribution in [2.24, 2.45) is 0 Å². The van der Waals surface area contributed by atoms with E-state index in [1.165, 1.54) is 18.3 Å². The lowest BCUT2D eigenvalue weighted by Crippen LogP contribution is -2.03. The minimum Gasteiger partial charge on any atom is -0.383 e. The summed E-state index contributed by atoms with van der Waals surface area (Å²) in [5.74, 6) is -0.441. The van der Waals surface area contributed by atoms with Gasteiger partial charge in [0.1, 0.15) is 11.9 Å². The summed E-state index contributed by atoms with van der Waals surface area (Å²) < 4.78 is 13.4. The number of hydrogen-bond donors (Lipinski definition) is 1. The van der Waals surface area contributed by atoms with Gasteiger partial charge >= 0.3 is 0 Å². The Morgan fingerprint density at radius 1 is 1.50 bits per heavy atom. The summed E-state index contributed by atoms with van der Waals surface area (Å²) in [6, 6.07) is 4.60. The third kappa shape index (κ3) is 2.22. The number of nitrogens with one attached hydrogen (secondary N) is 1. The smallest absolute Gasteiger partial charge is 0.125 e. The molecule has 0 saturated carbocycles. The largest absolute Gasteiger partial charge is 0.383 e. The monoisotopic (exact) mass is 263 g/mol. The minimum atomic E-state index is -0.441. The van der Waals surface area contributed by atoms with Crippen LogP contribution in [0.4, 0.5) is 10.1 Å². The van der Waals surface area contributed by atoms with Crippen LogP contribution in [0.15, 0.2) is 18.3 Å². The van der Waals surface area contributed by atoms with Gasteiger partial charge in [0.25, 0.3) is 0 Å². The maximum atomic E-state index is 13.4. The summed E-state index contributed by atoms with van der Waals surface area (Å²) in [6.45, 7) is 2.71. The predicted molar refractivity (Wildman–Crippen MR) is 70.2 cm³/mol. The number of nitrogens with zero attached hydrogens (tertiary/aromatic N) is 2. The molecule has 0 unspecified atom stereocenters. The fourth-order valence-corrected chi connectivity index (χ4v) is 2.01. The highest BCUT2D eigenvalue weighted by Gasteiger charge is 2.12. The maximum Gasteiger partial charge on any atom is 0.125 e. The molecule has 1 N–H and O–H groups in total. The molecule has 0 radical (unpaired) electrons. The lowest BCUT2D eigenvalue weighted by atomic mass is 10.1. The van der Waals surface area contributed by atoms with Crippen molar-refractivity contribution in [2.75, 3.05) is 11.9 Å². The molecule has 1 aromatic carbocycles. The molecule has 0 aliphatic rings. The normalized spacial score (nSPS) is 10.3. The van der Waals surface area contributed by atoms with Gasteiger partial charge in [-0.25, -0.2) is 4.39 Å². The van der Waals surface area contributed by atoms with E-state index in [4.69, 9.17) is 16.9 Å². The number of aromatic nitrogens is 1. The first-order valence-corrected chi connectivity index (χ1v) is 5.97. The van der Waals surface area contributed by atoms with Crippen molar-refractivity contribution in [3.8, 4) is 6.07 Å². The highest BCUT2D eigenvalue weighted by atomic mass is 35.5. The molecule has 2 rings (SSSR count). The van der Waals surface area contributed by atoms with Crippen molar-refractivity contribution in [2.45, 2.75) is 13.3 Å². The Labute approximate surface area is 109 Å². The van der Waals surface area contributed by atoms with E-state index in [0.29, 0.717) is 28.7 Å². The van der Waals surface area contributed by atoms with Crippen molar-refractivity contribution in [1.82, 2.24) is 4.98 Å². The molecule has 0 bridgehead atoms. The molecule has 0 aliphatic heterocycles.